The molecule has 0 radical (unpaired) electrons. The van der Waals surface area contributed by atoms with E-state index in [-0.39, 0.29) is 0 Å². The molecule has 4 heteroatoms. The van der Waals surface area contributed by atoms with E-state index >= 15 is 0 Å². The quantitative estimate of drug-likeness (QED) is 0.863. The van der Waals surface area contributed by atoms with E-state index in [0.29, 0.717) is 0 Å². The van der Waals surface area contributed by atoms with Gasteiger partial charge in [-0.1, -0.05) is 12.1 Å². The van der Waals surface area contributed by atoms with Crippen LogP contribution in [0.3, 0.4) is 0 Å². The van der Waals surface area contributed by atoms with Gasteiger partial charge in [-0.3, -0.25) is 5.32 Å². The zero-order valence-electron chi connectivity index (χ0n) is 10.7. The van der Waals surface area contributed by atoms with E-state index in [1.807, 2.05) is 12.1 Å². The Morgan fingerprint density at radius 1 is 1.44 bits per heavy atom. The average Bonchev–Trinajstić information content (AvgIpc) is 2.42. The average molecular weight is 248 g/mol. The summed E-state index contributed by atoms with van der Waals surface area (Å²) >= 11 is 0. The van der Waals surface area contributed by atoms with Gasteiger partial charge in [0.05, 0.1) is 7.11 Å². The Morgan fingerprint density at radius 2 is 2.22 bits per heavy atom. The smallest absolute Gasteiger partial charge is 0.411 e. The van der Waals surface area contributed by atoms with E-state index in [9.17, 15) is 4.79 Å². The SMILES string of the molecule is COC(=O)Nc1ccc(CC2CCCNC2)cc1. The molecule has 1 heterocycles. The second-order valence-electron chi connectivity index (χ2n) is 4.73. The van der Waals surface area contributed by atoms with Crippen LogP contribution >= 0.6 is 0 Å². The van der Waals surface area contributed by atoms with Crippen molar-refractivity contribution in [3.05, 3.63) is 29.8 Å². The van der Waals surface area contributed by atoms with Crippen molar-refractivity contribution in [3.63, 3.8) is 0 Å². The number of amides is 1. The fourth-order valence-electron chi connectivity index (χ4n) is 2.32. The summed E-state index contributed by atoms with van der Waals surface area (Å²) in [6, 6.07) is 7.98. The van der Waals surface area contributed by atoms with Crippen LogP contribution in [0.4, 0.5) is 10.5 Å². The third kappa shape index (κ3) is 3.74. The summed E-state index contributed by atoms with van der Waals surface area (Å²) < 4.78 is 4.55. The topological polar surface area (TPSA) is 50.4 Å². The van der Waals surface area contributed by atoms with Crippen LogP contribution in [0.2, 0.25) is 0 Å². The minimum absolute atomic E-state index is 0.431. The number of piperidine rings is 1. The molecular weight excluding hydrogens is 228 g/mol. The van der Waals surface area contributed by atoms with Crippen molar-refractivity contribution in [1.82, 2.24) is 5.32 Å². The van der Waals surface area contributed by atoms with Crippen LogP contribution in [0.25, 0.3) is 0 Å². The summed E-state index contributed by atoms with van der Waals surface area (Å²) in [5.74, 6) is 0.734. The lowest BCUT2D eigenvalue weighted by molar-refractivity contribution is 0.187. The molecule has 0 aromatic heterocycles. The highest BCUT2D eigenvalue weighted by atomic mass is 16.5. The standard InChI is InChI=1S/C14H20N2O2/c1-18-14(17)16-13-6-4-11(5-7-13)9-12-3-2-8-15-10-12/h4-7,12,15H,2-3,8-10H2,1H3,(H,16,17). The maximum Gasteiger partial charge on any atom is 0.411 e. The number of anilines is 1. The molecule has 98 valence electrons. The first kappa shape index (κ1) is 12.9. The Labute approximate surface area is 108 Å². The van der Waals surface area contributed by atoms with E-state index in [2.05, 4.69) is 27.5 Å². The van der Waals surface area contributed by atoms with Gasteiger partial charge in [-0.15, -0.1) is 0 Å². The summed E-state index contributed by atoms with van der Waals surface area (Å²) in [7, 11) is 1.36. The predicted molar refractivity (Wildman–Crippen MR) is 71.8 cm³/mol. The van der Waals surface area contributed by atoms with Gasteiger partial charge in [-0.05, 0) is 56.0 Å². The molecule has 1 aromatic carbocycles. The molecule has 2 N–H and O–H groups in total. The lowest BCUT2D eigenvalue weighted by Crippen LogP contribution is -2.30. The summed E-state index contributed by atoms with van der Waals surface area (Å²) in [5.41, 5.74) is 2.09. The number of carbonyl (C=O) groups excluding carboxylic acids is 1. The van der Waals surface area contributed by atoms with E-state index in [1.165, 1.54) is 25.5 Å². The minimum Gasteiger partial charge on any atom is -0.453 e. The van der Waals surface area contributed by atoms with Gasteiger partial charge >= 0.3 is 6.09 Å². The van der Waals surface area contributed by atoms with Crippen molar-refractivity contribution < 1.29 is 9.53 Å². The summed E-state index contributed by atoms with van der Waals surface area (Å²) in [6.45, 7) is 2.26. The van der Waals surface area contributed by atoms with E-state index < -0.39 is 6.09 Å². The second-order valence-corrected chi connectivity index (χ2v) is 4.73. The molecular formula is C14H20N2O2. The molecule has 1 aliphatic heterocycles. The van der Waals surface area contributed by atoms with Gasteiger partial charge in [-0.2, -0.15) is 0 Å². The predicted octanol–water partition coefficient (Wildman–Crippen LogP) is 2.41. The van der Waals surface area contributed by atoms with Crippen molar-refractivity contribution in [1.29, 1.82) is 0 Å². The summed E-state index contributed by atoms with van der Waals surface area (Å²) in [5, 5.41) is 6.08. The number of carbonyl (C=O) groups is 1. The number of ether oxygens (including phenoxy) is 1. The van der Waals surface area contributed by atoms with Crippen molar-refractivity contribution in [2.75, 3.05) is 25.5 Å². The van der Waals surface area contributed by atoms with Gasteiger partial charge in [0.1, 0.15) is 0 Å². The fourth-order valence-corrected chi connectivity index (χ4v) is 2.32. The number of nitrogens with one attached hydrogen (secondary N) is 2. The molecule has 1 unspecified atom stereocenters. The Morgan fingerprint density at radius 3 is 2.83 bits per heavy atom. The highest BCUT2D eigenvalue weighted by Crippen LogP contribution is 2.18. The van der Waals surface area contributed by atoms with E-state index in [1.54, 1.807) is 0 Å². The first-order valence-electron chi connectivity index (χ1n) is 6.42. The molecule has 1 atom stereocenters. The molecule has 0 saturated carbocycles. The normalized spacial score (nSPS) is 19.3. The Bertz CT molecular complexity index is 383. The molecule has 0 aliphatic carbocycles. The molecule has 0 spiro atoms. The third-order valence-corrected chi connectivity index (χ3v) is 3.31. The van der Waals surface area contributed by atoms with Crippen molar-refractivity contribution in [3.8, 4) is 0 Å². The monoisotopic (exact) mass is 248 g/mol. The number of hydrogen-bond acceptors (Lipinski definition) is 3. The van der Waals surface area contributed by atoms with Gasteiger partial charge in [0, 0.05) is 5.69 Å². The lowest BCUT2D eigenvalue weighted by atomic mass is 9.92. The largest absolute Gasteiger partial charge is 0.453 e. The summed E-state index contributed by atoms with van der Waals surface area (Å²) in [6.07, 6.45) is 3.24. The Hall–Kier alpha value is -1.55. The van der Waals surface area contributed by atoms with Crippen LogP contribution in [0.5, 0.6) is 0 Å². The number of rotatable bonds is 3. The first-order valence-corrected chi connectivity index (χ1v) is 6.42. The molecule has 1 aliphatic rings. The highest BCUT2D eigenvalue weighted by molar-refractivity contribution is 5.84. The zero-order chi connectivity index (χ0) is 12.8. The number of hydrogen-bond donors (Lipinski definition) is 2. The van der Waals surface area contributed by atoms with Crippen molar-refractivity contribution in [2.24, 2.45) is 5.92 Å². The minimum atomic E-state index is -0.431. The van der Waals surface area contributed by atoms with Crippen LogP contribution in [-0.4, -0.2) is 26.3 Å². The molecule has 1 fully saturated rings. The molecule has 1 amide bonds. The third-order valence-electron chi connectivity index (χ3n) is 3.31. The molecule has 1 saturated heterocycles. The first-order chi connectivity index (χ1) is 8.78. The Kier molecular flexibility index (Phi) is 4.59. The second kappa shape index (κ2) is 6.40. The molecule has 2 rings (SSSR count). The molecule has 0 bridgehead atoms. The number of methoxy groups -OCH3 is 1. The Balaban J connectivity index is 1.88. The van der Waals surface area contributed by atoms with Gasteiger partial charge in [0.15, 0.2) is 0 Å². The van der Waals surface area contributed by atoms with E-state index in [4.69, 9.17) is 0 Å². The number of benzene rings is 1. The van der Waals surface area contributed by atoms with Crippen LogP contribution in [0.1, 0.15) is 18.4 Å². The van der Waals surface area contributed by atoms with Crippen LogP contribution < -0.4 is 10.6 Å². The van der Waals surface area contributed by atoms with Gasteiger partial charge in [0.2, 0.25) is 0 Å². The van der Waals surface area contributed by atoms with Crippen LogP contribution in [-0.2, 0) is 11.2 Å². The lowest BCUT2D eigenvalue weighted by Gasteiger charge is -2.22. The zero-order valence-corrected chi connectivity index (χ0v) is 10.7. The van der Waals surface area contributed by atoms with E-state index in [0.717, 1.165) is 31.1 Å². The van der Waals surface area contributed by atoms with Crippen LogP contribution in [0.15, 0.2) is 24.3 Å². The van der Waals surface area contributed by atoms with Gasteiger partial charge in [-0.25, -0.2) is 4.79 Å². The van der Waals surface area contributed by atoms with Gasteiger partial charge < -0.3 is 10.1 Å². The summed E-state index contributed by atoms with van der Waals surface area (Å²) in [4.78, 5) is 11.0. The highest BCUT2D eigenvalue weighted by Gasteiger charge is 2.13. The van der Waals surface area contributed by atoms with Crippen molar-refractivity contribution >= 4 is 11.8 Å². The molecule has 4 nitrogen and oxygen atoms in total. The molecule has 1 aromatic rings. The fraction of sp³-hybridized carbons (Fsp3) is 0.500. The van der Waals surface area contributed by atoms with Crippen molar-refractivity contribution in [2.45, 2.75) is 19.3 Å². The maximum absolute atomic E-state index is 11.0. The van der Waals surface area contributed by atoms with Crippen LogP contribution in [0, 0.1) is 5.92 Å². The maximum atomic E-state index is 11.0. The van der Waals surface area contributed by atoms with Gasteiger partial charge in [0.25, 0.3) is 0 Å². The molecule has 18 heavy (non-hydrogen) atoms.